The van der Waals surface area contributed by atoms with Gasteiger partial charge < -0.3 is 14.0 Å². The first-order valence-electron chi connectivity index (χ1n) is 9.84. The second-order valence-electron chi connectivity index (χ2n) is 7.89. The van der Waals surface area contributed by atoms with Crippen molar-refractivity contribution >= 4 is 5.78 Å². The standard InChI is InChI=1S/C20H32N6O/c1-6-26-19(14-23(3)4)21-22-20(26)16-7-9-25(10-8-16)13-18-11-17(15(2)27)12-24(18)5/h11-12,16H,6-10,13-14H2,1-5H3. The Morgan fingerprint density at radius 3 is 2.52 bits per heavy atom. The Balaban J connectivity index is 1.62. The maximum Gasteiger partial charge on any atom is 0.161 e. The molecule has 27 heavy (non-hydrogen) atoms. The lowest BCUT2D eigenvalue weighted by molar-refractivity contribution is 0.101. The Morgan fingerprint density at radius 2 is 1.96 bits per heavy atom. The average Bonchev–Trinajstić information content (AvgIpc) is 3.19. The van der Waals surface area contributed by atoms with Crippen LogP contribution < -0.4 is 0 Å². The Labute approximate surface area is 162 Å². The summed E-state index contributed by atoms with van der Waals surface area (Å²) in [5.41, 5.74) is 2.00. The zero-order valence-electron chi connectivity index (χ0n) is 17.3. The van der Waals surface area contributed by atoms with Gasteiger partial charge in [0.05, 0.1) is 6.54 Å². The molecule has 2 aromatic rings. The fourth-order valence-corrected chi connectivity index (χ4v) is 3.93. The fourth-order valence-electron chi connectivity index (χ4n) is 3.93. The summed E-state index contributed by atoms with van der Waals surface area (Å²) in [6, 6.07) is 2.02. The first-order chi connectivity index (χ1) is 12.9. The zero-order chi connectivity index (χ0) is 19.6. The summed E-state index contributed by atoms with van der Waals surface area (Å²) in [4.78, 5) is 16.2. The molecule has 0 bridgehead atoms. The number of nitrogens with zero attached hydrogens (tertiary/aromatic N) is 6. The molecule has 0 atom stereocenters. The number of Topliss-reactive ketones (excluding diaryl/α,β-unsaturated/α-hetero) is 1. The van der Waals surface area contributed by atoms with Crippen LogP contribution in [0.4, 0.5) is 0 Å². The highest BCUT2D eigenvalue weighted by Crippen LogP contribution is 2.28. The maximum absolute atomic E-state index is 11.6. The summed E-state index contributed by atoms with van der Waals surface area (Å²) >= 11 is 0. The minimum absolute atomic E-state index is 0.128. The number of aromatic nitrogens is 4. The Morgan fingerprint density at radius 1 is 1.26 bits per heavy atom. The van der Waals surface area contributed by atoms with Crippen molar-refractivity contribution in [2.45, 2.75) is 52.2 Å². The average molecular weight is 373 g/mol. The van der Waals surface area contributed by atoms with E-state index >= 15 is 0 Å². The lowest BCUT2D eigenvalue weighted by Gasteiger charge is -2.31. The number of carbonyl (C=O) groups is 1. The van der Waals surface area contributed by atoms with E-state index in [4.69, 9.17) is 0 Å². The van der Waals surface area contributed by atoms with Crippen molar-refractivity contribution in [3.63, 3.8) is 0 Å². The van der Waals surface area contributed by atoms with Gasteiger partial charge in [-0.25, -0.2) is 0 Å². The molecule has 2 aromatic heterocycles. The number of piperidine rings is 1. The van der Waals surface area contributed by atoms with Gasteiger partial charge in [0, 0.05) is 43.5 Å². The highest BCUT2D eigenvalue weighted by atomic mass is 16.1. The van der Waals surface area contributed by atoms with E-state index < -0.39 is 0 Å². The van der Waals surface area contributed by atoms with Gasteiger partial charge in [0.1, 0.15) is 11.6 Å². The molecule has 3 heterocycles. The molecule has 7 nitrogen and oxygen atoms in total. The van der Waals surface area contributed by atoms with Crippen LogP contribution in [0.3, 0.4) is 0 Å². The van der Waals surface area contributed by atoms with Gasteiger partial charge in [-0.05, 0) is 59.9 Å². The summed E-state index contributed by atoms with van der Waals surface area (Å²) in [5.74, 6) is 2.81. The summed E-state index contributed by atoms with van der Waals surface area (Å²) in [5, 5.41) is 8.98. The topological polar surface area (TPSA) is 59.2 Å². The van der Waals surface area contributed by atoms with Gasteiger partial charge >= 0.3 is 0 Å². The van der Waals surface area contributed by atoms with Gasteiger partial charge in [-0.2, -0.15) is 0 Å². The second-order valence-corrected chi connectivity index (χ2v) is 7.89. The fraction of sp³-hybridized carbons (Fsp3) is 0.650. The lowest BCUT2D eigenvalue weighted by atomic mass is 9.95. The van der Waals surface area contributed by atoms with Crippen molar-refractivity contribution in [1.29, 1.82) is 0 Å². The smallest absolute Gasteiger partial charge is 0.161 e. The van der Waals surface area contributed by atoms with Crippen molar-refractivity contribution in [3.8, 4) is 0 Å². The minimum Gasteiger partial charge on any atom is -0.353 e. The number of ketones is 1. The van der Waals surface area contributed by atoms with Crippen LogP contribution in [-0.4, -0.2) is 62.1 Å². The second kappa shape index (κ2) is 8.35. The van der Waals surface area contributed by atoms with Crippen LogP contribution in [0, 0.1) is 0 Å². The maximum atomic E-state index is 11.6. The summed E-state index contributed by atoms with van der Waals surface area (Å²) < 4.78 is 4.36. The van der Waals surface area contributed by atoms with Crippen LogP contribution >= 0.6 is 0 Å². The Hall–Kier alpha value is -1.99. The van der Waals surface area contributed by atoms with E-state index in [0.717, 1.165) is 62.8 Å². The number of aryl methyl sites for hydroxylation is 1. The molecule has 0 aliphatic carbocycles. The highest BCUT2D eigenvalue weighted by Gasteiger charge is 2.26. The van der Waals surface area contributed by atoms with Crippen LogP contribution in [0.25, 0.3) is 0 Å². The molecule has 0 radical (unpaired) electrons. The molecule has 0 unspecified atom stereocenters. The number of hydrogen-bond donors (Lipinski definition) is 0. The molecule has 3 rings (SSSR count). The van der Waals surface area contributed by atoms with Crippen molar-refractivity contribution in [2.24, 2.45) is 7.05 Å². The quantitative estimate of drug-likeness (QED) is 0.698. The van der Waals surface area contributed by atoms with Gasteiger partial charge in [0.25, 0.3) is 0 Å². The third-order valence-corrected chi connectivity index (χ3v) is 5.48. The first kappa shape index (κ1) is 19.8. The predicted molar refractivity (Wildman–Crippen MR) is 106 cm³/mol. The molecular weight excluding hydrogens is 340 g/mol. The van der Waals surface area contributed by atoms with Crippen LogP contribution in [0.5, 0.6) is 0 Å². The van der Waals surface area contributed by atoms with Gasteiger partial charge in [0.2, 0.25) is 0 Å². The number of likely N-dealkylation sites (tertiary alicyclic amines) is 1. The van der Waals surface area contributed by atoms with Crippen LogP contribution in [0.2, 0.25) is 0 Å². The Bertz CT molecular complexity index is 782. The highest BCUT2D eigenvalue weighted by molar-refractivity contribution is 5.94. The lowest BCUT2D eigenvalue weighted by Crippen LogP contribution is -2.33. The third-order valence-electron chi connectivity index (χ3n) is 5.48. The van der Waals surface area contributed by atoms with E-state index in [0.29, 0.717) is 5.92 Å². The molecule has 1 aliphatic heterocycles. The summed E-state index contributed by atoms with van der Waals surface area (Å²) in [6.45, 7) is 8.52. The van der Waals surface area contributed by atoms with E-state index in [2.05, 4.69) is 50.2 Å². The van der Waals surface area contributed by atoms with Crippen molar-refractivity contribution in [1.82, 2.24) is 29.1 Å². The zero-order valence-corrected chi connectivity index (χ0v) is 17.3. The van der Waals surface area contributed by atoms with Crippen LogP contribution in [-0.2, 0) is 26.7 Å². The van der Waals surface area contributed by atoms with Gasteiger partial charge in [0.15, 0.2) is 5.78 Å². The molecular formula is C20H32N6O. The number of carbonyl (C=O) groups excluding carboxylic acids is 1. The Kier molecular flexibility index (Phi) is 6.11. The molecule has 0 amide bonds. The van der Waals surface area contributed by atoms with Gasteiger partial charge in [-0.3, -0.25) is 9.69 Å². The normalized spacial score (nSPS) is 16.4. The van der Waals surface area contributed by atoms with E-state index in [1.165, 1.54) is 5.69 Å². The van der Waals surface area contributed by atoms with E-state index in [1.807, 2.05) is 19.3 Å². The largest absolute Gasteiger partial charge is 0.353 e. The molecule has 0 aromatic carbocycles. The summed E-state index contributed by atoms with van der Waals surface area (Å²) in [7, 11) is 6.15. The molecule has 148 valence electrons. The molecule has 1 saturated heterocycles. The van der Waals surface area contributed by atoms with Crippen LogP contribution in [0.1, 0.15) is 60.3 Å². The SMILES string of the molecule is CCn1c(CN(C)C)nnc1C1CCN(Cc2cc(C(C)=O)cn2C)CC1. The predicted octanol–water partition coefficient (Wildman–Crippen LogP) is 2.28. The monoisotopic (exact) mass is 372 g/mol. The van der Waals surface area contributed by atoms with Gasteiger partial charge in [-0.1, -0.05) is 0 Å². The number of hydrogen-bond acceptors (Lipinski definition) is 5. The molecule has 1 fully saturated rings. The van der Waals surface area contributed by atoms with E-state index in [-0.39, 0.29) is 5.78 Å². The molecule has 0 saturated carbocycles. The van der Waals surface area contributed by atoms with Crippen molar-refractivity contribution in [3.05, 3.63) is 35.2 Å². The van der Waals surface area contributed by atoms with E-state index in [1.54, 1.807) is 6.92 Å². The van der Waals surface area contributed by atoms with E-state index in [9.17, 15) is 4.79 Å². The van der Waals surface area contributed by atoms with Crippen LogP contribution in [0.15, 0.2) is 12.3 Å². The third kappa shape index (κ3) is 4.47. The van der Waals surface area contributed by atoms with Crippen molar-refractivity contribution in [2.75, 3.05) is 27.2 Å². The summed E-state index contributed by atoms with van der Waals surface area (Å²) in [6.07, 6.45) is 4.13. The molecule has 7 heteroatoms. The molecule has 0 N–H and O–H groups in total. The minimum atomic E-state index is 0.128. The molecule has 0 spiro atoms. The molecule has 1 aliphatic rings. The number of rotatable bonds is 7. The van der Waals surface area contributed by atoms with Gasteiger partial charge in [-0.15, -0.1) is 10.2 Å². The van der Waals surface area contributed by atoms with Crippen molar-refractivity contribution < 1.29 is 4.79 Å². The first-order valence-corrected chi connectivity index (χ1v) is 9.84.